The Hall–Kier alpha value is -2.87. The van der Waals surface area contributed by atoms with Crippen LogP contribution in [0.4, 0.5) is 0 Å². The van der Waals surface area contributed by atoms with E-state index in [4.69, 9.17) is 9.47 Å². The highest BCUT2D eigenvalue weighted by Crippen LogP contribution is 2.31. The second-order valence-corrected chi connectivity index (χ2v) is 5.79. The van der Waals surface area contributed by atoms with Gasteiger partial charge in [-0.3, -0.25) is 9.20 Å². The molecule has 8 heteroatoms. The summed E-state index contributed by atoms with van der Waals surface area (Å²) in [6.45, 7) is 2.03. The number of nitrogens with one attached hydrogen (secondary N) is 1. The van der Waals surface area contributed by atoms with Gasteiger partial charge in [0.05, 0.1) is 11.9 Å². The summed E-state index contributed by atoms with van der Waals surface area (Å²) in [4.78, 5) is 17.4. The maximum atomic E-state index is 12.3. The SMILES string of the molecule is Cc1nc2sccn2c1C(=O)NN=Cc1ccc2c(c1)OCO2. The molecule has 1 aliphatic rings. The lowest BCUT2D eigenvalue weighted by molar-refractivity contribution is 0.0948. The van der Waals surface area contributed by atoms with Gasteiger partial charge >= 0.3 is 0 Å². The van der Waals surface area contributed by atoms with E-state index < -0.39 is 0 Å². The first kappa shape index (κ1) is 13.8. The van der Waals surface area contributed by atoms with E-state index in [2.05, 4.69) is 15.5 Å². The van der Waals surface area contributed by atoms with Gasteiger partial charge in [-0.25, -0.2) is 10.4 Å². The first-order chi connectivity index (χ1) is 11.2. The molecule has 1 aliphatic heterocycles. The fraction of sp³-hybridized carbons (Fsp3) is 0.133. The number of fused-ring (bicyclic) bond motifs is 2. The van der Waals surface area contributed by atoms with Crippen LogP contribution in [0.3, 0.4) is 0 Å². The number of benzene rings is 1. The smallest absolute Gasteiger partial charge is 0.290 e. The van der Waals surface area contributed by atoms with Crippen LogP contribution in [-0.4, -0.2) is 28.3 Å². The number of carbonyl (C=O) groups excluding carboxylic acids is 1. The third-order valence-corrected chi connectivity index (χ3v) is 4.18. The number of hydrazone groups is 1. The molecular weight excluding hydrogens is 316 g/mol. The van der Waals surface area contributed by atoms with Crippen LogP contribution in [0.5, 0.6) is 11.5 Å². The Balaban J connectivity index is 1.51. The molecule has 0 aliphatic carbocycles. The van der Waals surface area contributed by atoms with E-state index in [0.29, 0.717) is 22.9 Å². The highest BCUT2D eigenvalue weighted by molar-refractivity contribution is 7.15. The molecule has 0 bridgehead atoms. The molecule has 1 N–H and O–H groups in total. The van der Waals surface area contributed by atoms with E-state index >= 15 is 0 Å². The van der Waals surface area contributed by atoms with Crippen LogP contribution < -0.4 is 14.9 Å². The molecule has 0 fully saturated rings. The molecule has 1 amide bonds. The molecule has 7 nitrogen and oxygen atoms in total. The van der Waals surface area contributed by atoms with Crippen LogP contribution in [0.1, 0.15) is 21.7 Å². The van der Waals surface area contributed by atoms with Crippen molar-refractivity contribution in [1.29, 1.82) is 0 Å². The number of hydrogen-bond acceptors (Lipinski definition) is 6. The Morgan fingerprint density at radius 2 is 2.30 bits per heavy atom. The predicted molar refractivity (Wildman–Crippen MR) is 85.4 cm³/mol. The minimum Gasteiger partial charge on any atom is -0.454 e. The first-order valence-electron chi connectivity index (χ1n) is 6.87. The maximum Gasteiger partial charge on any atom is 0.290 e. The van der Waals surface area contributed by atoms with Crippen molar-refractivity contribution in [3.8, 4) is 11.5 Å². The highest BCUT2D eigenvalue weighted by atomic mass is 32.1. The zero-order chi connectivity index (χ0) is 15.8. The number of aryl methyl sites for hydroxylation is 1. The summed E-state index contributed by atoms with van der Waals surface area (Å²) in [6.07, 6.45) is 3.37. The van der Waals surface area contributed by atoms with E-state index in [1.54, 1.807) is 23.6 Å². The summed E-state index contributed by atoms with van der Waals surface area (Å²) >= 11 is 1.48. The van der Waals surface area contributed by atoms with Crippen molar-refractivity contribution in [2.75, 3.05) is 6.79 Å². The molecule has 23 heavy (non-hydrogen) atoms. The van der Waals surface area contributed by atoms with Crippen LogP contribution in [0.2, 0.25) is 0 Å². The number of hydrogen-bond donors (Lipinski definition) is 1. The van der Waals surface area contributed by atoms with Crippen molar-refractivity contribution in [3.05, 3.63) is 46.7 Å². The number of thiazole rings is 1. The monoisotopic (exact) mass is 328 g/mol. The summed E-state index contributed by atoms with van der Waals surface area (Å²) in [5.74, 6) is 1.08. The van der Waals surface area contributed by atoms with Gasteiger partial charge in [-0.15, -0.1) is 11.3 Å². The molecule has 0 radical (unpaired) electrons. The zero-order valence-corrected chi connectivity index (χ0v) is 13.0. The zero-order valence-electron chi connectivity index (χ0n) is 12.1. The summed E-state index contributed by atoms with van der Waals surface area (Å²) in [6, 6.07) is 5.45. The van der Waals surface area contributed by atoms with Gasteiger partial charge in [0.15, 0.2) is 16.5 Å². The third kappa shape index (κ3) is 2.42. The predicted octanol–water partition coefficient (Wildman–Crippen LogP) is 2.20. The molecule has 116 valence electrons. The van der Waals surface area contributed by atoms with Crippen molar-refractivity contribution in [3.63, 3.8) is 0 Å². The fourth-order valence-corrected chi connectivity index (χ4v) is 3.14. The Morgan fingerprint density at radius 3 is 3.22 bits per heavy atom. The number of carbonyl (C=O) groups is 1. The van der Waals surface area contributed by atoms with E-state index in [0.717, 1.165) is 10.5 Å². The summed E-state index contributed by atoms with van der Waals surface area (Å²) in [7, 11) is 0. The minimum absolute atomic E-state index is 0.226. The van der Waals surface area contributed by atoms with Gasteiger partial charge in [-0.05, 0) is 30.7 Å². The average molecular weight is 328 g/mol. The molecule has 2 aromatic heterocycles. The van der Waals surface area contributed by atoms with Crippen molar-refractivity contribution < 1.29 is 14.3 Å². The van der Waals surface area contributed by atoms with Crippen LogP contribution in [0.15, 0.2) is 34.9 Å². The largest absolute Gasteiger partial charge is 0.454 e. The number of nitrogens with zero attached hydrogens (tertiary/aromatic N) is 3. The standard InChI is InChI=1S/C15H12N4O3S/c1-9-13(19-4-5-23-15(19)17-9)14(20)18-16-7-10-2-3-11-12(6-10)22-8-21-11/h2-7H,8H2,1H3,(H,18,20). The van der Waals surface area contributed by atoms with E-state index in [9.17, 15) is 4.79 Å². The van der Waals surface area contributed by atoms with Gasteiger partial charge in [0.25, 0.3) is 5.91 Å². The van der Waals surface area contributed by atoms with Crippen molar-refractivity contribution >= 4 is 28.4 Å². The third-order valence-electron chi connectivity index (χ3n) is 3.43. The first-order valence-corrected chi connectivity index (χ1v) is 7.75. The molecule has 0 atom stereocenters. The van der Waals surface area contributed by atoms with Gasteiger partial charge < -0.3 is 9.47 Å². The van der Waals surface area contributed by atoms with Gasteiger partial charge in [0, 0.05) is 11.6 Å². The quantitative estimate of drug-likeness (QED) is 0.590. The topological polar surface area (TPSA) is 77.2 Å². The van der Waals surface area contributed by atoms with Crippen molar-refractivity contribution in [1.82, 2.24) is 14.8 Å². The molecule has 0 saturated heterocycles. The maximum absolute atomic E-state index is 12.3. The van der Waals surface area contributed by atoms with Crippen molar-refractivity contribution in [2.45, 2.75) is 6.92 Å². The summed E-state index contributed by atoms with van der Waals surface area (Å²) in [5, 5.41) is 5.88. The lowest BCUT2D eigenvalue weighted by Gasteiger charge is -2.00. The lowest BCUT2D eigenvalue weighted by atomic mass is 10.2. The van der Waals surface area contributed by atoms with Gasteiger partial charge in [0.1, 0.15) is 5.69 Å². The van der Waals surface area contributed by atoms with Gasteiger partial charge in [-0.1, -0.05) is 0 Å². The molecule has 0 spiro atoms. The Bertz CT molecular complexity index is 928. The molecule has 4 rings (SSSR count). The van der Waals surface area contributed by atoms with Crippen LogP contribution in [0, 0.1) is 6.92 Å². The molecule has 3 aromatic rings. The number of amides is 1. The van der Waals surface area contributed by atoms with E-state index in [-0.39, 0.29) is 12.7 Å². The van der Waals surface area contributed by atoms with E-state index in [1.807, 2.05) is 23.7 Å². The van der Waals surface area contributed by atoms with Crippen LogP contribution in [0.25, 0.3) is 4.96 Å². The Morgan fingerprint density at radius 1 is 1.43 bits per heavy atom. The lowest BCUT2D eigenvalue weighted by Crippen LogP contribution is -2.20. The van der Waals surface area contributed by atoms with Gasteiger partial charge in [-0.2, -0.15) is 5.10 Å². The molecule has 1 aromatic carbocycles. The second kappa shape index (κ2) is 5.40. The fourth-order valence-electron chi connectivity index (χ4n) is 2.38. The highest BCUT2D eigenvalue weighted by Gasteiger charge is 2.16. The average Bonchev–Trinajstić information content (AvgIpc) is 3.21. The molecular formula is C15H12N4O3S. The second-order valence-electron chi connectivity index (χ2n) is 4.91. The molecule has 0 unspecified atom stereocenters. The Labute approximate surface area is 135 Å². The van der Waals surface area contributed by atoms with Crippen LogP contribution in [-0.2, 0) is 0 Å². The molecule has 3 heterocycles. The van der Waals surface area contributed by atoms with Crippen molar-refractivity contribution in [2.24, 2.45) is 5.10 Å². The number of imidazole rings is 1. The number of aromatic nitrogens is 2. The normalized spacial score (nSPS) is 13.1. The summed E-state index contributed by atoms with van der Waals surface area (Å²) in [5.41, 5.74) is 4.50. The van der Waals surface area contributed by atoms with E-state index in [1.165, 1.54) is 11.3 Å². The summed E-state index contributed by atoms with van der Waals surface area (Å²) < 4.78 is 12.3. The number of ether oxygens (including phenoxy) is 2. The Kier molecular flexibility index (Phi) is 3.23. The van der Waals surface area contributed by atoms with Gasteiger partial charge in [0.2, 0.25) is 6.79 Å². The minimum atomic E-state index is -0.301. The van der Waals surface area contributed by atoms with Crippen LogP contribution >= 0.6 is 11.3 Å². The number of rotatable bonds is 3. The molecule has 0 saturated carbocycles.